The van der Waals surface area contributed by atoms with Crippen LogP contribution in [0.25, 0.3) is 0 Å². The standard InChI is InChI=1S/C25H36O2/c1-17-4-13-24(14-5-17)27-25(26)20-9-7-19(8-10-20)22-12-11-21-15-18(2)3-6-23(21)16-22/h4-5,13-14,18-23H,3,6-12,15-16H2,1-2H3. The highest BCUT2D eigenvalue weighted by Gasteiger charge is 2.38. The lowest BCUT2D eigenvalue weighted by atomic mass is 9.61. The predicted molar refractivity (Wildman–Crippen MR) is 110 cm³/mol. The van der Waals surface area contributed by atoms with Gasteiger partial charge in [-0.3, -0.25) is 4.79 Å². The highest BCUT2D eigenvalue weighted by molar-refractivity contribution is 5.75. The van der Waals surface area contributed by atoms with Crippen molar-refractivity contribution in [1.29, 1.82) is 0 Å². The molecule has 4 rings (SSSR count). The zero-order valence-electron chi connectivity index (χ0n) is 17.2. The van der Waals surface area contributed by atoms with E-state index in [1.54, 1.807) is 0 Å². The number of carbonyl (C=O) groups is 1. The van der Waals surface area contributed by atoms with Crippen LogP contribution in [0.3, 0.4) is 0 Å². The van der Waals surface area contributed by atoms with Gasteiger partial charge in [0.2, 0.25) is 0 Å². The van der Waals surface area contributed by atoms with Gasteiger partial charge in [0.05, 0.1) is 5.92 Å². The van der Waals surface area contributed by atoms with Crippen LogP contribution in [0.1, 0.15) is 76.7 Å². The van der Waals surface area contributed by atoms with Crippen molar-refractivity contribution in [1.82, 2.24) is 0 Å². The van der Waals surface area contributed by atoms with Crippen LogP contribution in [0.4, 0.5) is 0 Å². The summed E-state index contributed by atoms with van der Waals surface area (Å²) < 4.78 is 5.63. The molecular formula is C25H36O2. The lowest BCUT2D eigenvalue weighted by Crippen LogP contribution is -2.35. The number of hydrogen-bond donors (Lipinski definition) is 0. The molecule has 1 aromatic carbocycles. The number of hydrogen-bond acceptors (Lipinski definition) is 2. The number of fused-ring (bicyclic) bond motifs is 1. The van der Waals surface area contributed by atoms with Gasteiger partial charge in [-0.2, -0.15) is 0 Å². The van der Waals surface area contributed by atoms with Gasteiger partial charge in [-0.1, -0.05) is 31.0 Å². The Morgan fingerprint density at radius 3 is 2.04 bits per heavy atom. The van der Waals surface area contributed by atoms with Gasteiger partial charge in [-0.05, 0) is 106 Å². The molecule has 0 saturated heterocycles. The Morgan fingerprint density at radius 2 is 1.33 bits per heavy atom. The molecule has 3 saturated carbocycles. The molecule has 0 heterocycles. The fourth-order valence-electron chi connectivity index (χ4n) is 6.22. The maximum absolute atomic E-state index is 12.5. The van der Waals surface area contributed by atoms with Crippen LogP contribution in [0.2, 0.25) is 0 Å². The van der Waals surface area contributed by atoms with Crippen LogP contribution in [0.5, 0.6) is 5.75 Å². The Hall–Kier alpha value is -1.31. The van der Waals surface area contributed by atoms with E-state index >= 15 is 0 Å². The first-order chi connectivity index (χ1) is 13.1. The van der Waals surface area contributed by atoms with Crippen molar-refractivity contribution in [3.8, 4) is 5.75 Å². The highest BCUT2D eigenvalue weighted by atomic mass is 16.5. The largest absolute Gasteiger partial charge is 0.426 e. The quantitative estimate of drug-likeness (QED) is 0.446. The molecule has 148 valence electrons. The molecule has 0 radical (unpaired) electrons. The third kappa shape index (κ3) is 4.58. The predicted octanol–water partition coefficient (Wildman–Crippen LogP) is 6.56. The van der Waals surface area contributed by atoms with E-state index in [2.05, 4.69) is 6.92 Å². The number of benzene rings is 1. The zero-order chi connectivity index (χ0) is 18.8. The maximum atomic E-state index is 12.5. The Kier molecular flexibility index (Phi) is 5.90. The fraction of sp³-hybridized carbons (Fsp3) is 0.720. The molecule has 0 amide bonds. The van der Waals surface area contributed by atoms with Crippen molar-refractivity contribution < 1.29 is 9.53 Å². The summed E-state index contributed by atoms with van der Waals surface area (Å²) in [6, 6.07) is 7.81. The molecule has 3 fully saturated rings. The average Bonchev–Trinajstić information content (AvgIpc) is 2.69. The van der Waals surface area contributed by atoms with Crippen LogP contribution < -0.4 is 4.74 Å². The number of carbonyl (C=O) groups excluding carboxylic acids is 1. The second-order valence-corrected chi connectivity index (χ2v) is 9.86. The monoisotopic (exact) mass is 368 g/mol. The molecular weight excluding hydrogens is 332 g/mol. The summed E-state index contributed by atoms with van der Waals surface area (Å²) in [5, 5.41) is 0. The molecule has 2 heteroatoms. The molecule has 0 spiro atoms. The Bertz CT molecular complexity index is 626. The lowest BCUT2D eigenvalue weighted by molar-refractivity contribution is -0.140. The molecule has 3 aliphatic rings. The molecule has 27 heavy (non-hydrogen) atoms. The van der Waals surface area contributed by atoms with E-state index in [0.717, 1.165) is 42.4 Å². The van der Waals surface area contributed by atoms with Gasteiger partial charge in [0.25, 0.3) is 0 Å². The summed E-state index contributed by atoms with van der Waals surface area (Å²) in [6.45, 7) is 4.49. The topological polar surface area (TPSA) is 26.3 Å². The summed E-state index contributed by atoms with van der Waals surface area (Å²) in [5.41, 5.74) is 1.19. The van der Waals surface area contributed by atoms with Crippen LogP contribution >= 0.6 is 0 Å². The van der Waals surface area contributed by atoms with Crippen LogP contribution in [0, 0.1) is 42.4 Å². The summed E-state index contributed by atoms with van der Waals surface area (Å²) in [7, 11) is 0. The molecule has 4 atom stereocenters. The first-order valence-corrected chi connectivity index (χ1v) is 11.4. The van der Waals surface area contributed by atoms with Crippen LogP contribution in [-0.4, -0.2) is 5.97 Å². The van der Waals surface area contributed by atoms with E-state index in [0.29, 0.717) is 5.75 Å². The lowest BCUT2D eigenvalue weighted by Gasteiger charge is -2.44. The summed E-state index contributed by atoms with van der Waals surface area (Å²) in [6.07, 6.45) is 13.3. The number of ether oxygens (including phenoxy) is 1. The van der Waals surface area contributed by atoms with Gasteiger partial charge in [0, 0.05) is 0 Å². The third-order valence-electron chi connectivity index (χ3n) is 7.93. The van der Waals surface area contributed by atoms with Crippen molar-refractivity contribution >= 4 is 5.97 Å². The highest BCUT2D eigenvalue weighted by Crippen LogP contribution is 2.49. The first-order valence-electron chi connectivity index (χ1n) is 11.4. The van der Waals surface area contributed by atoms with Crippen LogP contribution in [0.15, 0.2) is 24.3 Å². The fourth-order valence-corrected chi connectivity index (χ4v) is 6.22. The molecule has 0 bridgehead atoms. The first kappa shape index (κ1) is 19.0. The van der Waals surface area contributed by atoms with Gasteiger partial charge in [-0.25, -0.2) is 0 Å². The van der Waals surface area contributed by atoms with Gasteiger partial charge in [0.1, 0.15) is 5.75 Å². The summed E-state index contributed by atoms with van der Waals surface area (Å²) in [5.74, 6) is 5.55. The number of aryl methyl sites for hydroxylation is 1. The van der Waals surface area contributed by atoms with Crippen molar-refractivity contribution in [3.05, 3.63) is 29.8 Å². The minimum Gasteiger partial charge on any atom is -0.426 e. The minimum absolute atomic E-state index is 0.0118. The van der Waals surface area contributed by atoms with Crippen molar-refractivity contribution in [2.75, 3.05) is 0 Å². The van der Waals surface area contributed by atoms with Gasteiger partial charge in [-0.15, -0.1) is 0 Å². The molecule has 4 unspecified atom stereocenters. The van der Waals surface area contributed by atoms with Gasteiger partial charge >= 0.3 is 5.97 Å². The minimum atomic E-state index is -0.0118. The van der Waals surface area contributed by atoms with E-state index in [4.69, 9.17) is 4.74 Å². The van der Waals surface area contributed by atoms with E-state index in [1.807, 2.05) is 31.2 Å². The number of rotatable bonds is 3. The molecule has 0 aromatic heterocycles. The van der Waals surface area contributed by atoms with Gasteiger partial charge < -0.3 is 4.74 Å². The second kappa shape index (κ2) is 8.37. The second-order valence-electron chi connectivity index (χ2n) is 9.86. The third-order valence-corrected chi connectivity index (χ3v) is 7.93. The number of esters is 1. The average molecular weight is 369 g/mol. The summed E-state index contributed by atoms with van der Waals surface area (Å²) >= 11 is 0. The van der Waals surface area contributed by atoms with E-state index in [9.17, 15) is 4.79 Å². The van der Waals surface area contributed by atoms with E-state index in [-0.39, 0.29) is 11.9 Å². The van der Waals surface area contributed by atoms with Gasteiger partial charge in [0.15, 0.2) is 0 Å². The molecule has 2 nitrogen and oxygen atoms in total. The Morgan fingerprint density at radius 1 is 0.778 bits per heavy atom. The van der Waals surface area contributed by atoms with Crippen molar-refractivity contribution in [3.63, 3.8) is 0 Å². The maximum Gasteiger partial charge on any atom is 0.314 e. The normalized spacial score (nSPS) is 36.7. The van der Waals surface area contributed by atoms with E-state index in [1.165, 1.54) is 56.9 Å². The molecule has 3 aliphatic carbocycles. The Balaban J connectivity index is 1.25. The molecule has 0 N–H and O–H groups in total. The molecule has 0 aliphatic heterocycles. The smallest absolute Gasteiger partial charge is 0.314 e. The molecule has 1 aromatic rings. The zero-order valence-corrected chi connectivity index (χ0v) is 17.2. The van der Waals surface area contributed by atoms with Crippen LogP contribution in [-0.2, 0) is 4.79 Å². The van der Waals surface area contributed by atoms with Crippen molar-refractivity contribution in [2.45, 2.75) is 78.1 Å². The van der Waals surface area contributed by atoms with E-state index < -0.39 is 0 Å². The Labute approximate surface area is 165 Å². The SMILES string of the molecule is Cc1ccc(OC(=O)C2CCC(C3CCC4CC(C)CCC4C3)CC2)cc1. The summed E-state index contributed by atoms with van der Waals surface area (Å²) in [4.78, 5) is 12.5. The van der Waals surface area contributed by atoms with Crippen molar-refractivity contribution in [2.24, 2.45) is 35.5 Å².